The molecule has 0 aliphatic heterocycles. The van der Waals surface area contributed by atoms with Crippen LogP contribution in [0.1, 0.15) is 0 Å². The summed E-state index contributed by atoms with van der Waals surface area (Å²) in [4.78, 5) is 12.1. The van der Waals surface area contributed by atoms with E-state index in [1.165, 1.54) is 10.6 Å². The van der Waals surface area contributed by atoms with Gasteiger partial charge in [-0.15, -0.1) is 0 Å². The van der Waals surface area contributed by atoms with Crippen molar-refractivity contribution in [2.75, 3.05) is 0 Å². The number of benzene rings is 2. The monoisotopic (exact) mass is 271 g/mol. The van der Waals surface area contributed by atoms with Crippen LogP contribution in [0.25, 0.3) is 16.5 Å². The first kappa shape index (κ1) is 11.8. The van der Waals surface area contributed by atoms with Crippen LogP contribution in [-0.4, -0.2) is 9.67 Å². The van der Waals surface area contributed by atoms with Gasteiger partial charge in [0, 0.05) is 16.5 Å². The van der Waals surface area contributed by atoms with Crippen LogP contribution in [0, 0.1) is 0 Å². The lowest BCUT2D eigenvalue weighted by atomic mass is 10.1. The number of hydrogen-bond donors (Lipinski definition) is 1. The lowest BCUT2D eigenvalue weighted by molar-refractivity contribution is 0.443. The molecule has 0 aliphatic carbocycles. The molecule has 4 heteroatoms. The van der Waals surface area contributed by atoms with E-state index in [0.717, 1.165) is 5.39 Å². The summed E-state index contributed by atoms with van der Waals surface area (Å²) in [6.45, 7) is 0. The molecule has 0 unspecified atom stereocenters. The zero-order valence-electron chi connectivity index (χ0n) is 9.88. The lowest BCUT2D eigenvalue weighted by Gasteiger charge is -2.10. The summed E-state index contributed by atoms with van der Waals surface area (Å²) in [5.74, 6) is -0.0644. The lowest BCUT2D eigenvalue weighted by Crippen LogP contribution is -2.17. The van der Waals surface area contributed by atoms with Crippen LogP contribution in [0.2, 0.25) is 5.02 Å². The van der Waals surface area contributed by atoms with Gasteiger partial charge >= 0.3 is 0 Å². The van der Waals surface area contributed by atoms with E-state index >= 15 is 0 Å². The molecule has 1 N–H and O–H groups in total. The van der Waals surface area contributed by atoms with Crippen molar-refractivity contribution in [2.24, 2.45) is 0 Å². The van der Waals surface area contributed by atoms with Crippen LogP contribution in [0.3, 0.4) is 0 Å². The molecule has 0 aliphatic rings. The number of pyridine rings is 1. The number of aromatic hydroxyl groups is 1. The largest absolute Gasteiger partial charge is 0.494 e. The molecule has 94 valence electrons. The SMILES string of the molecule is O=c1cc2ccccc2c(O)n1-c1ccc(Cl)cc1. The Kier molecular flexibility index (Phi) is 2.76. The van der Waals surface area contributed by atoms with Gasteiger partial charge in [0.2, 0.25) is 5.88 Å². The van der Waals surface area contributed by atoms with Gasteiger partial charge in [-0.1, -0.05) is 29.8 Å². The van der Waals surface area contributed by atoms with Crippen molar-refractivity contribution in [3.8, 4) is 11.6 Å². The minimum Gasteiger partial charge on any atom is -0.494 e. The second-order valence-electron chi connectivity index (χ2n) is 4.21. The zero-order chi connectivity index (χ0) is 13.4. The topological polar surface area (TPSA) is 42.2 Å². The molecular weight excluding hydrogens is 262 g/mol. The quantitative estimate of drug-likeness (QED) is 0.737. The summed E-state index contributed by atoms with van der Waals surface area (Å²) >= 11 is 5.82. The molecule has 3 rings (SSSR count). The van der Waals surface area contributed by atoms with Crippen molar-refractivity contribution in [3.63, 3.8) is 0 Å². The smallest absolute Gasteiger partial charge is 0.258 e. The third kappa shape index (κ3) is 1.98. The molecule has 1 aromatic heterocycles. The van der Waals surface area contributed by atoms with Gasteiger partial charge in [0.15, 0.2) is 0 Å². The van der Waals surface area contributed by atoms with Gasteiger partial charge < -0.3 is 5.11 Å². The molecule has 1 heterocycles. The average molecular weight is 272 g/mol. The van der Waals surface area contributed by atoms with Crippen molar-refractivity contribution in [1.29, 1.82) is 0 Å². The molecule has 0 bridgehead atoms. The predicted octanol–water partition coefficient (Wildman–Crippen LogP) is 3.35. The third-order valence-electron chi connectivity index (χ3n) is 3.00. The summed E-state index contributed by atoms with van der Waals surface area (Å²) in [5.41, 5.74) is 0.302. The minimum absolute atomic E-state index is 0.0644. The maximum Gasteiger partial charge on any atom is 0.258 e. The van der Waals surface area contributed by atoms with E-state index in [0.29, 0.717) is 16.1 Å². The first-order chi connectivity index (χ1) is 9.16. The molecule has 19 heavy (non-hydrogen) atoms. The Morgan fingerprint density at radius 1 is 1.00 bits per heavy atom. The molecule has 0 saturated carbocycles. The van der Waals surface area contributed by atoms with Gasteiger partial charge in [0.1, 0.15) is 0 Å². The molecule has 0 amide bonds. The Morgan fingerprint density at radius 2 is 1.68 bits per heavy atom. The number of fused-ring (bicyclic) bond motifs is 1. The summed E-state index contributed by atoms with van der Waals surface area (Å²) in [6, 6.07) is 15.5. The van der Waals surface area contributed by atoms with E-state index in [2.05, 4.69) is 0 Å². The molecule has 3 aromatic rings. The highest BCUT2D eigenvalue weighted by Crippen LogP contribution is 2.25. The number of aromatic nitrogens is 1. The Hall–Kier alpha value is -2.26. The minimum atomic E-state index is -0.279. The fourth-order valence-corrected chi connectivity index (χ4v) is 2.21. The van der Waals surface area contributed by atoms with Crippen LogP contribution in [0.5, 0.6) is 5.88 Å². The van der Waals surface area contributed by atoms with Crippen molar-refractivity contribution in [1.82, 2.24) is 4.57 Å². The van der Waals surface area contributed by atoms with Gasteiger partial charge in [-0.25, -0.2) is 4.57 Å². The second-order valence-corrected chi connectivity index (χ2v) is 4.64. The van der Waals surface area contributed by atoms with E-state index in [9.17, 15) is 9.90 Å². The number of rotatable bonds is 1. The van der Waals surface area contributed by atoms with Crippen LogP contribution >= 0.6 is 11.6 Å². The van der Waals surface area contributed by atoms with Crippen LogP contribution in [-0.2, 0) is 0 Å². The Morgan fingerprint density at radius 3 is 2.42 bits per heavy atom. The van der Waals surface area contributed by atoms with Crippen molar-refractivity contribution in [3.05, 3.63) is 70.0 Å². The summed E-state index contributed by atoms with van der Waals surface area (Å²) in [5, 5.41) is 12.2. The Labute approximate surface area is 114 Å². The highest BCUT2D eigenvalue weighted by Gasteiger charge is 2.10. The van der Waals surface area contributed by atoms with Gasteiger partial charge in [-0.2, -0.15) is 0 Å². The maximum absolute atomic E-state index is 12.1. The van der Waals surface area contributed by atoms with Crippen LogP contribution in [0.15, 0.2) is 59.4 Å². The van der Waals surface area contributed by atoms with Crippen molar-refractivity contribution >= 4 is 22.4 Å². The van der Waals surface area contributed by atoms with Crippen LogP contribution < -0.4 is 5.56 Å². The third-order valence-corrected chi connectivity index (χ3v) is 3.25. The Bertz CT molecular complexity index is 806. The molecule has 0 spiro atoms. The van der Waals surface area contributed by atoms with E-state index in [-0.39, 0.29) is 11.4 Å². The van der Waals surface area contributed by atoms with Gasteiger partial charge in [0.25, 0.3) is 5.56 Å². The molecular formula is C15H10ClNO2. The molecule has 0 fully saturated rings. The number of halogens is 1. The number of nitrogens with zero attached hydrogens (tertiary/aromatic N) is 1. The van der Waals surface area contributed by atoms with Gasteiger partial charge in [0.05, 0.1) is 5.69 Å². The normalized spacial score (nSPS) is 10.8. The standard InChI is InChI=1S/C15H10ClNO2/c16-11-5-7-12(8-6-11)17-14(18)9-10-3-1-2-4-13(10)15(17)19/h1-9,19H. The fraction of sp³-hybridized carbons (Fsp3) is 0. The van der Waals surface area contributed by atoms with Crippen LogP contribution in [0.4, 0.5) is 0 Å². The van der Waals surface area contributed by atoms with E-state index in [1.54, 1.807) is 36.4 Å². The summed E-state index contributed by atoms with van der Waals surface area (Å²) < 4.78 is 1.26. The van der Waals surface area contributed by atoms with Crippen molar-refractivity contribution in [2.45, 2.75) is 0 Å². The summed E-state index contributed by atoms with van der Waals surface area (Å²) in [6.07, 6.45) is 0. The molecule has 3 nitrogen and oxygen atoms in total. The Balaban J connectivity index is 2.35. The van der Waals surface area contributed by atoms with E-state index < -0.39 is 0 Å². The number of hydrogen-bond acceptors (Lipinski definition) is 2. The van der Waals surface area contributed by atoms with Crippen molar-refractivity contribution < 1.29 is 5.11 Å². The average Bonchev–Trinajstić information content (AvgIpc) is 2.41. The van der Waals surface area contributed by atoms with Gasteiger partial charge in [-0.3, -0.25) is 4.79 Å². The maximum atomic E-state index is 12.1. The molecule has 0 atom stereocenters. The zero-order valence-corrected chi connectivity index (χ0v) is 10.6. The first-order valence-corrected chi connectivity index (χ1v) is 6.14. The fourth-order valence-electron chi connectivity index (χ4n) is 2.09. The predicted molar refractivity (Wildman–Crippen MR) is 76.2 cm³/mol. The summed E-state index contributed by atoms with van der Waals surface area (Å²) in [7, 11) is 0. The van der Waals surface area contributed by atoms with Gasteiger partial charge in [-0.05, 0) is 35.7 Å². The highest BCUT2D eigenvalue weighted by atomic mass is 35.5. The second kappa shape index (κ2) is 4.44. The van der Waals surface area contributed by atoms with E-state index in [4.69, 9.17) is 11.6 Å². The highest BCUT2D eigenvalue weighted by molar-refractivity contribution is 6.30. The first-order valence-electron chi connectivity index (χ1n) is 5.76. The van der Waals surface area contributed by atoms with E-state index in [1.807, 2.05) is 12.1 Å². The molecule has 0 saturated heterocycles. The molecule has 2 aromatic carbocycles. The molecule has 0 radical (unpaired) electrons.